The zero-order chi connectivity index (χ0) is 24.0. The van der Waals surface area contributed by atoms with Crippen LogP contribution < -0.4 is 14.4 Å². The fourth-order valence-corrected chi connectivity index (χ4v) is 5.91. The molecular formula is C27H36N2O3S2. The van der Waals surface area contributed by atoms with Crippen LogP contribution in [0.5, 0.6) is 5.75 Å². The second-order valence-corrected chi connectivity index (χ2v) is 11.2. The summed E-state index contributed by atoms with van der Waals surface area (Å²) in [6.45, 7) is 7.97. The standard InChI is InChI=1S/C27H36N2O3S2/c1-4-7-11-20-18-29(21-12-9-8-10-13-21)22-16-25(33-6-3)23(17-24(22)34-28-20)32-19-27(14-15-27)26(30)31-5-2/h8-10,12-13,16-17,20,28H,4-7,11,14-15,18-19H2,1-3H3. The van der Waals surface area contributed by atoms with E-state index in [9.17, 15) is 4.79 Å². The third-order valence-corrected chi connectivity index (χ3v) is 8.31. The van der Waals surface area contributed by atoms with Gasteiger partial charge in [-0.2, -0.15) is 0 Å². The lowest BCUT2D eigenvalue weighted by atomic mass is 10.1. The van der Waals surface area contributed by atoms with E-state index < -0.39 is 5.41 Å². The molecule has 2 aromatic rings. The third-order valence-electron chi connectivity index (χ3n) is 6.39. The summed E-state index contributed by atoms with van der Waals surface area (Å²) in [7, 11) is 0. The normalized spacial score (nSPS) is 18.7. The molecule has 1 fully saturated rings. The van der Waals surface area contributed by atoms with E-state index in [4.69, 9.17) is 9.47 Å². The monoisotopic (exact) mass is 500 g/mol. The second-order valence-electron chi connectivity index (χ2n) is 8.99. The fraction of sp³-hybridized carbons (Fsp3) is 0.519. The Hall–Kier alpha value is -1.83. The molecule has 1 unspecified atom stereocenters. The highest BCUT2D eigenvalue weighted by Crippen LogP contribution is 2.49. The molecule has 4 rings (SSSR count). The average Bonchev–Trinajstić information content (AvgIpc) is 3.67. The largest absolute Gasteiger partial charge is 0.491 e. The molecule has 1 N–H and O–H groups in total. The van der Waals surface area contributed by atoms with Crippen LogP contribution in [-0.4, -0.2) is 37.5 Å². The summed E-state index contributed by atoms with van der Waals surface area (Å²) < 4.78 is 15.4. The van der Waals surface area contributed by atoms with Crippen LogP contribution in [0.15, 0.2) is 52.3 Å². The second kappa shape index (κ2) is 11.7. The van der Waals surface area contributed by atoms with Crippen molar-refractivity contribution >= 4 is 41.1 Å². The molecule has 0 bridgehead atoms. The van der Waals surface area contributed by atoms with Gasteiger partial charge in [-0.25, -0.2) is 0 Å². The van der Waals surface area contributed by atoms with E-state index in [0.29, 0.717) is 19.3 Å². The van der Waals surface area contributed by atoms with Gasteiger partial charge in [-0.05, 0) is 68.2 Å². The number of hydrogen-bond donors (Lipinski definition) is 1. The van der Waals surface area contributed by atoms with Gasteiger partial charge in [0.25, 0.3) is 0 Å². The quantitative estimate of drug-likeness (QED) is 0.206. The predicted molar refractivity (Wildman–Crippen MR) is 142 cm³/mol. The van der Waals surface area contributed by atoms with Gasteiger partial charge in [0.2, 0.25) is 0 Å². The van der Waals surface area contributed by atoms with Crippen LogP contribution in [0, 0.1) is 5.41 Å². The lowest BCUT2D eigenvalue weighted by Gasteiger charge is -2.28. The minimum absolute atomic E-state index is 0.125. The minimum Gasteiger partial charge on any atom is -0.491 e. The van der Waals surface area contributed by atoms with Crippen LogP contribution >= 0.6 is 23.7 Å². The van der Waals surface area contributed by atoms with Crippen LogP contribution in [0.1, 0.15) is 52.9 Å². The number of unbranched alkanes of at least 4 members (excludes halogenated alkanes) is 1. The summed E-state index contributed by atoms with van der Waals surface area (Å²) in [6, 6.07) is 15.5. The number of carbonyl (C=O) groups excluding carboxylic acids is 1. The highest BCUT2D eigenvalue weighted by molar-refractivity contribution is 7.99. The van der Waals surface area contributed by atoms with Crippen LogP contribution in [0.3, 0.4) is 0 Å². The van der Waals surface area contributed by atoms with Gasteiger partial charge in [0.1, 0.15) is 17.8 Å². The molecule has 2 aliphatic rings. The van der Waals surface area contributed by atoms with Crippen molar-refractivity contribution in [3.63, 3.8) is 0 Å². The first-order valence-corrected chi connectivity index (χ1v) is 14.3. The van der Waals surface area contributed by atoms with Crippen molar-refractivity contribution < 1.29 is 14.3 Å². The summed E-state index contributed by atoms with van der Waals surface area (Å²) in [5.41, 5.74) is 1.94. The number of nitrogens with zero attached hydrogens (tertiary/aromatic N) is 1. The number of nitrogens with one attached hydrogen (secondary N) is 1. The van der Waals surface area contributed by atoms with Crippen LogP contribution in [0.2, 0.25) is 0 Å². The molecule has 0 aromatic heterocycles. The van der Waals surface area contributed by atoms with E-state index in [1.165, 1.54) is 24.2 Å². The number of hydrogen-bond acceptors (Lipinski definition) is 7. The van der Waals surface area contributed by atoms with Crippen molar-refractivity contribution in [2.75, 3.05) is 30.4 Å². The number of rotatable bonds is 11. The summed E-state index contributed by atoms with van der Waals surface area (Å²) >= 11 is 3.48. The number of benzene rings is 2. The Morgan fingerprint density at radius 1 is 1.21 bits per heavy atom. The molecule has 1 atom stereocenters. The highest BCUT2D eigenvalue weighted by Gasteiger charge is 2.52. The highest BCUT2D eigenvalue weighted by atomic mass is 32.2. The Morgan fingerprint density at radius 2 is 2.00 bits per heavy atom. The van der Waals surface area contributed by atoms with Crippen molar-refractivity contribution in [1.82, 2.24) is 4.72 Å². The Morgan fingerprint density at radius 3 is 2.68 bits per heavy atom. The van der Waals surface area contributed by atoms with Crippen molar-refractivity contribution in [2.45, 2.75) is 68.7 Å². The summed E-state index contributed by atoms with van der Waals surface area (Å²) in [6.07, 6.45) is 5.22. The lowest BCUT2D eigenvalue weighted by Crippen LogP contribution is -2.34. The fourth-order valence-electron chi connectivity index (χ4n) is 4.22. The van der Waals surface area contributed by atoms with E-state index in [1.807, 2.05) is 6.92 Å². The first-order chi connectivity index (χ1) is 16.6. The van der Waals surface area contributed by atoms with Gasteiger partial charge in [0.05, 0.1) is 22.1 Å². The Kier molecular flexibility index (Phi) is 8.72. The zero-order valence-electron chi connectivity index (χ0n) is 20.5. The molecule has 1 heterocycles. The molecule has 0 amide bonds. The van der Waals surface area contributed by atoms with Crippen LogP contribution in [0.4, 0.5) is 11.4 Å². The van der Waals surface area contributed by atoms with Gasteiger partial charge in [-0.3, -0.25) is 9.52 Å². The van der Waals surface area contributed by atoms with E-state index in [1.54, 1.807) is 23.7 Å². The molecule has 34 heavy (non-hydrogen) atoms. The Labute approximate surface area is 212 Å². The number of thioether (sulfide) groups is 1. The molecule has 0 radical (unpaired) electrons. The van der Waals surface area contributed by atoms with Gasteiger partial charge < -0.3 is 14.4 Å². The lowest BCUT2D eigenvalue weighted by molar-refractivity contribution is -0.150. The Bertz CT molecular complexity index is 966. The predicted octanol–water partition coefficient (Wildman–Crippen LogP) is 6.83. The van der Waals surface area contributed by atoms with Crippen LogP contribution in [-0.2, 0) is 9.53 Å². The maximum atomic E-state index is 12.4. The van der Waals surface area contributed by atoms with Gasteiger partial charge in [-0.1, -0.05) is 44.9 Å². The molecule has 1 aliphatic carbocycles. The van der Waals surface area contributed by atoms with Gasteiger partial charge in [-0.15, -0.1) is 11.8 Å². The summed E-state index contributed by atoms with van der Waals surface area (Å²) in [5.74, 6) is 1.68. The number of ether oxygens (including phenoxy) is 2. The molecule has 7 heteroatoms. The first kappa shape index (κ1) is 25.3. The van der Waals surface area contributed by atoms with Crippen molar-refractivity contribution in [3.8, 4) is 5.75 Å². The van der Waals surface area contributed by atoms with E-state index in [-0.39, 0.29) is 5.97 Å². The smallest absolute Gasteiger partial charge is 0.315 e. The number of esters is 1. The molecule has 0 saturated heterocycles. The topological polar surface area (TPSA) is 50.8 Å². The third kappa shape index (κ3) is 5.86. The first-order valence-electron chi connectivity index (χ1n) is 12.5. The molecular weight excluding hydrogens is 464 g/mol. The molecule has 1 aliphatic heterocycles. The Balaban J connectivity index is 1.64. The molecule has 184 valence electrons. The van der Waals surface area contributed by atoms with E-state index >= 15 is 0 Å². The van der Waals surface area contributed by atoms with Gasteiger partial charge in [0, 0.05) is 18.3 Å². The molecule has 0 spiro atoms. The number of para-hydroxylation sites is 1. The summed E-state index contributed by atoms with van der Waals surface area (Å²) in [4.78, 5) is 17.1. The van der Waals surface area contributed by atoms with Crippen molar-refractivity contribution in [3.05, 3.63) is 42.5 Å². The molecule has 5 nitrogen and oxygen atoms in total. The number of fused-ring (bicyclic) bond motifs is 1. The minimum atomic E-state index is -0.469. The van der Waals surface area contributed by atoms with Gasteiger partial charge in [0.15, 0.2) is 0 Å². The molecule has 1 saturated carbocycles. The maximum absolute atomic E-state index is 12.4. The molecule has 2 aromatic carbocycles. The van der Waals surface area contributed by atoms with Gasteiger partial charge >= 0.3 is 5.97 Å². The van der Waals surface area contributed by atoms with Crippen molar-refractivity contribution in [1.29, 1.82) is 0 Å². The number of carbonyl (C=O) groups is 1. The van der Waals surface area contributed by atoms with E-state index in [2.05, 4.69) is 65.9 Å². The number of anilines is 2. The van der Waals surface area contributed by atoms with Crippen molar-refractivity contribution in [2.24, 2.45) is 5.41 Å². The van der Waals surface area contributed by atoms with Crippen LogP contribution in [0.25, 0.3) is 0 Å². The maximum Gasteiger partial charge on any atom is 0.315 e. The average molecular weight is 501 g/mol. The SMILES string of the molecule is CCCCC1CN(c2ccccc2)c2cc(SCC)c(OCC3(C(=O)OCC)CC3)cc2SN1. The summed E-state index contributed by atoms with van der Waals surface area (Å²) in [5, 5.41) is 0. The van der Waals surface area contributed by atoms with E-state index in [0.717, 1.165) is 47.1 Å². The zero-order valence-corrected chi connectivity index (χ0v) is 22.1.